The lowest BCUT2D eigenvalue weighted by molar-refractivity contribution is -0.137. The highest BCUT2D eigenvalue weighted by atomic mass is 19.4. The van der Waals surface area contributed by atoms with Crippen LogP contribution in [0, 0.1) is 5.92 Å². The molecule has 4 nitrogen and oxygen atoms in total. The summed E-state index contributed by atoms with van der Waals surface area (Å²) < 4.78 is 38.5. The fourth-order valence-electron chi connectivity index (χ4n) is 2.33. The van der Waals surface area contributed by atoms with Crippen LogP contribution in [0.1, 0.15) is 18.4 Å². The van der Waals surface area contributed by atoms with Gasteiger partial charge >= 0.3 is 6.18 Å². The van der Waals surface area contributed by atoms with Crippen LogP contribution in [-0.4, -0.2) is 36.8 Å². The molecule has 112 valence electrons. The van der Waals surface area contributed by atoms with Gasteiger partial charge in [-0.05, 0) is 30.9 Å². The number of alkyl halides is 3. The lowest BCUT2D eigenvalue weighted by Crippen LogP contribution is -2.37. The zero-order valence-corrected chi connectivity index (χ0v) is 11.4. The zero-order valence-electron chi connectivity index (χ0n) is 11.4. The van der Waals surface area contributed by atoms with Crippen molar-refractivity contribution in [1.29, 1.82) is 0 Å². The van der Waals surface area contributed by atoms with Crippen molar-refractivity contribution in [2.75, 3.05) is 30.9 Å². The van der Waals surface area contributed by atoms with Gasteiger partial charge in [-0.25, -0.2) is 4.98 Å². The molecule has 1 aliphatic carbocycles. The summed E-state index contributed by atoms with van der Waals surface area (Å²) in [5.41, 5.74) is -0.715. The second kappa shape index (κ2) is 5.47. The summed E-state index contributed by atoms with van der Waals surface area (Å²) in [5, 5.41) is 11.9. The maximum Gasteiger partial charge on any atom is 0.416 e. The molecular formula is C13H18F3N3O. The summed E-state index contributed by atoms with van der Waals surface area (Å²) in [7, 11) is 3.25. The van der Waals surface area contributed by atoms with Crippen molar-refractivity contribution in [1.82, 2.24) is 4.98 Å². The van der Waals surface area contributed by atoms with Crippen molar-refractivity contribution in [3.63, 3.8) is 0 Å². The first-order valence-electron chi connectivity index (χ1n) is 6.46. The van der Waals surface area contributed by atoms with Crippen LogP contribution in [0.5, 0.6) is 0 Å². The van der Waals surface area contributed by atoms with E-state index in [0.717, 1.165) is 12.1 Å². The van der Waals surface area contributed by atoms with Gasteiger partial charge in [0.25, 0.3) is 0 Å². The van der Waals surface area contributed by atoms with Gasteiger partial charge in [-0.15, -0.1) is 0 Å². The Morgan fingerprint density at radius 3 is 2.55 bits per heavy atom. The number of hydrogen-bond acceptors (Lipinski definition) is 4. The van der Waals surface area contributed by atoms with Crippen molar-refractivity contribution in [2.45, 2.75) is 25.1 Å². The lowest BCUT2D eigenvalue weighted by Gasteiger charge is -2.35. The minimum Gasteiger partial charge on any atom is -0.393 e. The molecule has 0 aromatic carbocycles. The van der Waals surface area contributed by atoms with Gasteiger partial charge < -0.3 is 15.3 Å². The topological polar surface area (TPSA) is 48.4 Å². The third kappa shape index (κ3) is 3.33. The van der Waals surface area contributed by atoms with Crippen molar-refractivity contribution < 1.29 is 18.3 Å². The number of halogens is 3. The molecule has 1 aliphatic rings. The number of aromatic nitrogens is 1. The average Bonchev–Trinajstić information content (AvgIpc) is 2.35. The summed E-state index contributed by atoms with van der Waals surface area (Å²) in [4.78, 5) is 5.85. The number of pyridine rings is 1. The predicted molar refractivity (Wildman–Crippen MR) is 70.8 cm³/mol. The summed E-state index contributed by atoms with van der Waals surface area (Å²) >= 11 is 0. The molecule has 0 radical (unpaired) electrons. The largest absolute Gasteiger partial charge is 0.416 e. The Labute approximate surface area is 115 Å². The third-order valence-corrected chi connectivity index (χ3v) is 3.53. The van der Waals surface area contributed by atoms with Crippen LogP contribution in [0.25, 0.3) is 0 Å². The second-order valence-corrected chi connectivity index (χ2v) is 5.22. The van der Waals surface area contributed by atoms with E-state index >= 15 is 0 Å². The molecule has 20 heavy (non-hydrogen) atoms. The minimum absolute atomic E-state index is 0.190. The highest BCUT2D eigenvalue weighted by Crippen LogP contribution is 2.34. The van der Waals surface area contributed by atoms with Crippen LogP contribution in [0.3, 0.4) is 0 Å². The molecule has 2 N–H and O–H groups in total. The van der Waals surface area contributed by atoms with E-state index in [-0.39, 0.29) is 17.7 Å². The van der Waals surface area contributed by atoms with Crippen LogP contribution < -0.4 is 10.2 Å². The normalized spacial score (nSPS) is 22.3. The Bertz CT molecular complexity index is 472. The van der Waals surface area contributed by atoms with E-state index in [0.29, 0.717) is 25.3 Å². The average molecular weight is 289 g/mol. The van der Waals surface area contributed by atoms with Gasteiger partial charge in [0.2, 0.25) is 0 Å². The number of aliphatic hydroxyl groups excluding tert-OH is 1. The fourth-order valence-corrected chi connectivity index (χ4v) is 2.33. The summed E-state index contributed by atoms with van der Waals surface area (Å²) in [6, 6.07) is 2.04. The third-order valence-electron chi connectivity index (χ3n) is 3.53. The first kappa shape index (κ1) is 14.9. The van der Waals surface area contributed by atoms with Gasteiger partial charge in [0, 0.05) is 20.6 Å². The molecule has 1 fully saturated rings. The predicted octanol–water partition coefficient (Wildman–Crippen LogP) is 2.35. The number of nitrogens with one attached hydrogen (secondary N) is 1. The van der Waals surface area contributed by atoms with Gasteiger partial charge in [0.15, 0.2) is 0 Å². The monoisotopic (exact) mass is 289 g/mol. The lowest BCUT2D eigenvalue weighted by atomic mass is 9.82. The summed E-state index contributed by atoms with van der Waals surface area (Å²) in [5.74, 6) is 0.783. The summed E-state index contributed by atoms with van der Waals surface area (Å²) in [6.07, 6.45) is -3.27. The number of nitrogens with zero attached hydrogens (tertiary/aromatic N) is 2. The minimum atomic E-state index is -4.39. The first-order valence-corrected chi connectivity index (χ1v) is 6.46. The van der Waals surface area contributed by atoms with E-state index in [4.69, 9.17) is 0 Å². The van der Waals surface area contributed by atoms with Crippen molar-refractivity contribution >= 4 is 11.6 Å². The maximum absolute atomic E-state index is 12.8. The Morgan fingerprint density at radius 1 is 1.40 bits per heavy atom. The Hall–Kier alpha value is -1.50. The zero-order chi connectivity index (χ0) is 14.9. The quantitative estimate of drug-likeness (QED) is 0.893. The van der Waals surface area contributed by atoms with Gasteiger partial charge in [0.1, 0.15) is 11.6 Å². The maximum atomic E-state index is 12.8. The molecule has 0 unspecified atom stereocenters. The molecule has 1 aromatic rings. The highest BCUT2D eigenvalue weighted by molar-refractivity contribution is 5.50. The fraction of sp³-hybridized carbons (Fsp3) is 0.615. The van der Waals surface area contributed by atoms with E-state index in [1.807, 2.05) is 0 Å². The van der Waals surface area contributed by atoms with Crippen LogP contribution in [0.2, 0.25) is 0 Å². The number of rotatable bonds is 4. The molecule has 1 heterocycles. The van der Waals surface area contributed by atoms with E-state index < -0.39 is 11.7 Å². The summed E-state index contributed by atoms with van der Waals surface area (Å²) in [6.45, 7) is 0.592. The van der Waals surface area contributed by atoms with E-state index in [9.17, 15) is 18.3 Å². The molecule has 1 aromatic heterocycles. The Morgan fingerprint density at radius 2 is 2.05 bits per heavy atom. The number of aliphatic hydroxyl groups is 1. The molecule has 0 aliphatic heterocycles. The Kier molecular flexibility index (Phi) is 4.08. The molecule has 0 spiro atoms. The molecule has 1 saturated carbocycles. The molecular weight excluding hydrogens is 271 g/mol. The van der Waals surface area contributed by atoms with E-state index in [1.54, 1.807) is 11.9 Å². The van der Waals surface area contributed by atoms with Crippen LogP contribution in [-0.2, 0) is 6.18 Å². The standard InChI is InChI=1S/C13H18F3N3O/c1-17-11-5-9(13(14,15)16)6-12(18-11)19(2)7-8-3-10(20)4-8/h5-6,8,10,20H,3-4,7H2,1-2H3,(H,17,18). The van der Waals surface area contributed by atoms with Crippen LogP contribution in [0.15, 0.2) is 12.1 Å². The molecule has 7 heteroatoms. The van der Waals surface area contributed by atoms with Gasteiger partial charge in [-0.1, -0.05) is 0 Å². The van der Waals surface area contributed by atoms with Gasteiger partial charge in [-0.3, -0.25) is 0 Å². The molecule has 0 bridgehead atoms. The molecule has 2 rings (SSSR count). The first-order chi connectivity index (χ1) is 9.29. The van der Waals surface area contributed by atoms with Gasteiger partial charge in [0.05, 0.1) is 11.7 Å². The molecule has 0 atom stereocenters. The van der Waals surface area contributed by atoms with Crippen LogP contribution >= 0.6 is 0 Å². The van der Waals surface area contributed by atoms with Crippen molar-refractivity contribution in [2.24, 2.45) is 5.92 Å². The molecule has 0 amide bonds. The van der Waals surface area contributed by atoms with E-state index in [1.165, 1.54) is 7.05 Å². The van der Waals surface area contributed by atoms with Crippen molar-refractivity contribution in [3.05, 3.63) is 17.7 Å². The SMILES string of the molecule is CNc1cc(C(F)(F)F)cc(N(C)CC2CC(O)C2)n1. The van der Waals surface area contributed by atoms with Gasteiger partial charge in [-0.2, -0.15) is 13.2 Å². The second-order valence-electron chi connectivity index (χ2n) is 5.22. The number of anilines is 2. The number of hydrogen-bond donors (Lipinski definition) is 2. The smallest absolute Gasteiger partial charge is 0.393 e. The Balaban J connectivity index is 2.17. The van der Waals surface area contributed by atoms with Crippen LogP contribution in [0.4, 0.5) is 24.8 Å². The van der Waals surface area contributed by atoms with E-state index in [2.05, 4.69) is 10.3 Å². The molecule has 0 saturated heterocycles. The van der Waals surface area contributed by atoms with Crippen molar-refractivity contribution in [3.8, 4) is 0 Å². The highest BCUT2D eigenvalue weighted by Gasteiger charge is 2.33.